The fraction of sp³-hybridized carbons (Fsp3) is 0.650. The zero-order chi connectivity index (χ0) is 16.0. The lowest BCUT2D eigenvalue weighted by atomic mass is 9.58. The molecule has 2 unspecified atom stereocenters. The predicted molar refractivity (Wildman–Crippen MR) is 94.1 cm³/mol. The van der Waals surface area contributed by atoms with E-state index in [0.717, 1.165) is 18.9 Å². The van der Waals surface area contributed by atoms with Crippen molar-refractivity contribution < 1.29 is 0 Å². The Labute approximate surface area is 139 Å². The first-order valence-corrected chi connectivity index (χ1v) is 9.25. The molecule has 124 valence electrons. The van der Waals surface area contributed by atoms with Crippen LogP contribution in [0.1, 0.15) is 56.8 Å². The van der Waals surface area contributed by atoms with E-state index in [1.807, 2.05) is 4.68 Å². The normalized spacial score (nSPS) is 32.7. The molecule has 3 aliphatic rings. The standard InChI is InChI=1S/C20H29N3/c1-14-5-7-17(8-6-15(14)2)20(10-4-11-20)19-18-16(9-12-21-19)13-23(3)22-18/h5,7-8,13-15,19,21H,4,6,9-12H2,1-3H3/t14-,15?,19?/m1/s1. The molecule has 4 rings (SSSR count). The summed E-state index contributed by atoms with van der Waals surface area (Å²) in [5, 5.41) is 8.65. The molecule has 1 saturated carbocycles. The van der Waals surface area contributed by atoms with Crippen molar-refractivity contribution in [2.75, 3.05) is 6.54 Å². The third-order valence-electron chi connectivity index (χ3n) is 6.51. The molecule has 1 fully saturated rings. The molecule has 1 aromatic heterocycles. The van der Waals surface area contributed by atoms with E-state index in [4.69, 9.17) is 5.10 Å². The highest BCUT2D eigenvalue weighted by molar-refractivity contribution is 5.38. The first kappa shape index (κ1) is 15.2. The van der Waals surface area contributed by atoms with Crippen LogP contribution in [0.4, 0.5) is 0 Å². The maximum absolute atomic E-state index is 4.83. The second kappa shape index (κ2) is 5.62. The highest BCUT2D eigenvalue weighted by Crippen LogP contribution is 2.57. The van der Waals surface area contributed by atoms with E-state index in [-0.39, 0.29) is 5.41 Å². The van der Waals surface area contributed by atoms with Gasteiger partial charge in [0.1, 0.15) is 0 Å². The summed E-state index contributed by atoms with van der Waals surface area (Å²) in [5.41, 5.74) is 4.58. The summed E-state index contributed by atoms with van der Waals surface area (Å²) in [5.74, 6) is 1.41. The fourth-order valence-electron chi connectivity index (χ4n) is 4.61. The van der Waals surface area contributed by atoms with Gasteiger partial charge < -0.3 is 5.32 Å². The summed E-state index contributed by atoms with van der Waals surface area (Å²) in [4.78, 5) is 0. The molecule has 0 bridgehead atoms. The summed E-state index contributed by atoms with van der Waals surface area (Å²) in [6.45, 7) is 5.80. The van der Waals surface area contributed by atoms with E-state index < -0.39 is 0 Å². The molecule has 0 amide bonds. The van der Waals surface area contributed by atoms with Gasteiger partial charge in [0, 0.05) is 18.7 Å². The Balaban J connectivity index is 1.72. The Morgan fingerprint density at radius 3 is 2.87 bits per heavy atom. The van der Waals surface area contributed by atoms with Gasteiger partial charge in [-0.05, 0) is 55.2 Å². The van der Waals surface area contributed by atoms with E-state index >= 15 is 0 Å². The minimum Gasteiger partial charge on any atom is -0.307 e. The second-order valence-electron chi connectivity index (χ2n) is 7.95. The van der Waals surface area contributed by atoms with Gasteiger partial charge in [-0.2, -0.15) is 5.10 Å². The lowest BCUT2D eigenvalue weighted by Gasteiger charge is -2.50. The third-order valence-corrected chi connectivity index (χ3v) is 6.51. The lowest BCUT2D eigenvalue weighted by molar-refractivity contribution is 0.115. The van der Waals surface area contributed by atoms with Crippen LogP contribution in [0.15, 0.2) is 30.0 Å². The monoisotopic (exact) mass is 311 g/mol. The van der Waals surface area contributed by atoms with Crippen molar-refractivity contribution in [1.29, 1.82) is 0 Å². The Morgan fingerprint density at radius 1 is 1.30 bits per heavy atom. The van der Waals surface area contributed by atoms with Crippen LogP contribution in [0.2, 0.25) is 0 Å². The number of nitrogens with one attached hydrogen (secondary N) is 1. The Morgan fingerprint density at radius 2 is 2.13 bits per heavy atom. The quantitative estimate of drug-likeness (QED) is 0.896. The van der Waals surface area contributed by atoms with E-state index in [9.17, 15) is 0 Å². The molecule has 2 aliphatic carbocycles. The molecule has 3 heteroatoms. The lowest BCUT2D eigenvalue weighted by Crippen LogP contribution is -2.47. The summed E-state index contributed by atoms with van der Waals surface area (Å²) in [6, 6.07) is 0.390. The zero-order valence-corrected chi connectivity index (χ0v) is 14.7. The van der Waals surface area contributed by atoms with Crippen molar-refractivity contribution in [3.8, 4) is 0 Å². The van der Waals surface area contributed by atoms with Gasteiger partial charge in [0.15, 0.2) is 0 Å². The average Bonchev–Trinajstić information content (AvgIpc) is 2.80. The van der Waals surface area contributed by atoms with Crippen LogP contribution >= 0.6 is 0 Å². The number of rotatable bonds is 2. The summed E-state index contributed by atoms with van der Waals surface area (Å²) in [6.07, 6.45) is 15.9. The molecule has 3 nitrogen and oxygen atoms in total. The molecule has 2 heterocycles. The topological polar surface area (TPSA) is 29.9 Å². The van der Waals surface area contributed by atoms with Gasteiger partial charge in [0.25, 0.3) is 0 Å². The van der Waals surface area contributed by atoms with Crippen molar-refractivity contribution in [2.45, 2.75) is 52.0 Å². The van der Waals surface area contributed by atoms with Crippen molar-refractivity contribution in [1.82, 2.24) is 15.1 Å². The third kappa shape index (κ3) is 2.40. The predicted octanol–water partition coefficient (Wildman–Crippen LogP) is 3.94. The second-order valence-corrected chi connectivity index (χ2v) is 7.95. The highest BCUT2D eigenvalue weighted by atomic mass is 15.3. The van der Waals surface area contributed by atoms with E-state index in [2.05, 4.69) is 50.6 Å². The number of aryl methyl sites for hydroxylation is 1. The first-order chi connectivity index (χ1) is 11.1. The Hall–Kier alpha value is -1.35. The minimum atomic E-state index is 0.268. The maximum atomic E-state index is 4.83. The van der Waals surface area contributed by atoms with Crippen LogP contribution in [0.25, 0.3) is 0 Å². The largest absolute Gasteiger partial charge is 0.307 e. The van der Waals surface area contributed by atoms with Crippen LogP contribution in [-0.2, 0) is 13.5 Å². The SMILES string of the molecule is CC1CC=C(C2(C3NCCc4cn(C)nc43)CCC2)C=C[C@H]1C. The Kier molecular flexibility index (Phi) is 3.72. The molecular weight excluding hydrogens is 282 g/mol. The van der Waals surface area contributed by atoms with Crippen LogP contribution in [0.5, 0.6) is 0 Å². The van der Waals surface area contributed by atoms with Crippen molar-refractivity contribution in [3.63, 3.8) is 0 Å². The number of nitrogens with zero attached hydrogens (tertiary/aromatic N) is 2. The zero-order valence-electron chi connectivity index (χ0n) is 14.7. The number of fused-ring (bicyclic) bond motifs is 1. The molecule has 3 atom stereocenters. The number of hydrogen-bond donors (Lipinski definition) is 1. The fourth-order valence-corrected chi connectivity index (χ4v) is 4.61. The maximum Gasteiger partial charge on any atom is 0.0835 e. The molecule has 0 aromatic carbocycles. The van der Waals surface area contributed by atoms with E-state index in [1.54, 1.807) is 5.57 Å². The van der Waals surface area contributed by atoms with Gasteiger partial charge in [-0.15, -0.1) is 0 Å². The number of allylic oxidation sites excluding steroid dienone is 3. The molecule has 1 aliphatic heterocycles. The summed E-state index contributed by atoms with van der Waals surface area (Å²) >= 11 is 0. The van der Waals surface area contributed by atoms with E-state index in [1.165, 1.54) is 36.9 Å². The molecular formula is C20H29N3. The van der Waals surface area contributed by atoms with Crippen molar-refractivity contribution in [3.05, 3.63) is 41.3 Å². The summed E-state index contributed by atoms with van der Waals surface area (Å²) in [7, 11) is 2.05. The van der Waals surface area contributed by atoms with Crippen molar-refractivity contribution in [2.24, 2.45) is 24.3 Å². The first-order valence-electron chi connectivity index (χ1n) is 9.25. The average molecular weight is 311 g/mol. The molecule has 1 N–H and O–H groups in total. The minimum absolute atomic E-state index is 0.268. The molecule has 0 radical (unpaired) electrons. The van der Waals surface area contributed by atoms with Gasteiger partial charge in [0.05, 0.1) is 11.7 Å². The Bertz CT molecular complexity index is 648. The van der Waals surface area contributed by atoms with Crippen LogP contribution in [-0.4, -0.2) is 16.3 Å². The van der Waals surface area contributed by atoms with Gasteiger partial charge in [-0.1, -0.05) is 38.5 Å². The molecule has 0 spiro atoms. The van der Waals surface area contributed by atoms with Crippen molar-refractivity contribution >= 4 is 0 Å². The van der Waals surface area contributed by atoms with Crippen LogP contribution < -0.4 is 5.32 Å². The van der Waals surface area contributed by atoms with Gasteiger partial charge in [-0.3, -0.25) is 4.68 Å². The van der Waals surface area contributed by atoms with Gasteiger partial charge in [0.2, 0.25) is 0 Å². The number of hydrogen-bond acceptors (Lipinski definition) is 2. The van der Waals surface area contributed by atoms with Gasteiger partial charge >= 0.3 is 0 Å². The van der Waals surface area contributed by atoms with Gasteiger partial charge in [-0.25, -0.2) is 0 Å². The number of aromatic nitrogens is 2. The summed E-state index contributed by atoms with van der Waals surface area (Å²) < 4.78 is 2.00. The van der Waals surface area contributed by atoms with E-state index in [0.29, 0.717) is 12.0 Å². The smallest absolute Gasteiger partial charge is 0.0835 e. The molecule has 0 saturated heterocycles. The molecule has 23 heavy (non-hydrogen) atoms. The van der Waals surface area contributed by atoms with Crippen LogP contribution in [0, 0.1) is 17.3 Å². The molecule has 1 aromatic rings. The van der Waals surface area contributed by atoms with Crippen LogP contribution in [0.3, 0.4) is 0 Å². The highest BCUT2D eigenvalue weighted by Gasteiger charge is 2.49.